The Morgan fingerprint density at radius 2 is 1.81 bits per heavy atom. The Labute approximate surface area is 208 Å². The first kappa shape index (κ1) is 23.6. The highest BCUT2D eigenvalue weighted by Gasteiger charge is 2.29. The van der Waals surface area contributed by atoms with Gasteiger partial charge >= 0.3 is 0 Å². The molecule has 36 heavy (non-hydrogen) atoms. The Kier molecular flexibility index (Phi) is 6.94. The van der Waals surface area contributed by atoms with Crippen molar-refractivity contribution in [2.75, 3.05) is 38.1 Å². The van der Waals surface area contributed by atoms with Crippen LogP contribution in [0.25, 0.3) is 10.9 Å². The van der Waals surface area contributed by atoms with Crippen molar-refractivity contribution in [3.05, 3.63) is 60.6 Å². The number of methoxy groups -OCH3 is 2. The zero-order valence-electron chi connectivity index (χ0n) is 20.2. The van der Waals surface area contributed by atoms with Gasteiger partial charge in [-0.15, -0.1) is 0 Å². The van der Waals surface area contributed by atoms with Gasteiger partial charge < -0.3 is 24.8 Å². The lowest BCUT2D eigenvalue weighted by Gasteiger charge is -2.24. The van der Waals surface area contributed by atoms with Crippen LogP contribution in [0.2, 0.25) is 0 Å². The van der Waals surface area contributed by atoms with Crippen molar-refractivity contribution >= 4 is 34.1 Å². The predicted octanol–water partition coefficient (Wildman–Crippen LogP) is 4.26. The zero-order chi connectivity index (χ0) is 24.9. The zero-order valence-corrected chi connectivity index (χ0v) is 20.2. The molecule has 1 aliphatic heterocycles. The molecule has 0 atom stereocenters. The van der Waals surface area contributed by atoms with E-state index in [2.05, 4.69) is 30.8 Å². The van der Waals surface area contributed by atoms with Gasteiger partial charge in [-0.25, -0.2) is 9.97 Å². The number of aromatic amines is 1. The number of amides is 1. The Balaban J connectivity index is 0.000000165. The monoisotopic (exact) mass is 488 g/mol. The molecule has 186 valence electrons. The lowest BCUT2D eigenvalue weighted by atomic mass is 10.1. The molecule has 0 bridgehead atoms. The highest BCUT2D eigenvalue weighted by Crippen LogP contribution is 2.31. The molecule has 2 aromatic carbocycles. The minimum Gasteiger partial charge on any atom is -0.497 e. The van der Waals surface area contributed by atoms with E-state index in [1.54, 1.807) is 20.4 Å². The van der Waals surface area contributed by atoms with E-state index < -0.39 is 0 Å². The number of rotatable bonds is 7. The average Bonchev–Trinajstić information content (AvgIpc) is 3.66. The highest BCUT2D eigenvalue weighted by atomic mass is 16.5. The maximum absolute atomic E-state index is 11.4. The maximum atomic E-state index is 11.4. The van der Waals surface area contributed by atoms with Crippen LogP contribution in [0.5, 0.6) is 11.5 Å². The molecule has 4 aromatic rings. The van der Waals surface area contributed by atoms with Crippen LogP contribution in [0.1, 0.15) is 24.6 Å². The highest BCUT2D eigenvalue weighted by molar-refractivity contribution is 5.94. The van der Waals surface area contributed by atoms with Crippen LogP contribution < -0.4 is 20.1 Å². The van der Waals surface area contributed by atoms with E-state index in [1.807, 2.05) is 48.5 Å². The van der Waals surface area contributed by atoms with Gasteiger partial charge in [-0.2, -0.15) is 5.10 Å². The molecule has 2 aliphatic rings. The second-order valence-electron chi connectivity index (χ2n) is 8.61. The first-order valence-electron chi connectivity index (χ1n) is 11.8. The van der Waals surface area contributed by atoms with E-state index in [1.165, 1.54) is 0 Å². The summed E-state index contributed by atoms with van der Waals surface area (Å²) in [6.45, 7) is 1.33. The smallest absolute Gasteiger partial charge is 0.227 e. The number of fused-ring (bicyclic) bond motifs is 1. The third-order valence-electron chi connectivity index (χ3n) is 6.01. The van der Waals surface area contributed by atoms with Crippen LogP contribution in [0.4, 0.5) is 17.3 Å². The minimum absolute atomic E-state index is 0.134. The van der Waals surface area contributed by atoms with E-state index in [0.29, 0.717) is 30.6 Å². The van der Waals surface area contributed by atoms with Crippen LogP contribution >= 0.6 is 0 Å². The van der Waals surface area contributed by atoms with Gasteiger partial charge in [0.25, 0.3) is 0 Å². The lowest BCUT2D eigenvalue weighted by molar-refractivity contribution is -0.117. The van der Waals surface area contributed by atoms with Crippen LogP contribution in [0.15, 0.2) is 54.7 Å². The average molecular weight is 489 g/mol. The van der Waals surface area contributed by atoms with E-state index in [9.17, 15) is 4.79 Å². The van der Waals surface area contributed by atoms with Gasteiger partial charge in [-0.1, -0.05) is 12.1 Å². The number of nitrogens with zero attached hydrogens (tertiary/aromatic N) is 3. The lowest BCUT2D eigenvalue weighted by Crippen LogP contribution is -2.27. The van der Waals surface area contributed by atoms with Gasteiger partial charge in [-0.05, 0) is 49.2 Å². The number of H-pyrrole nitrogens is 1. The summed E-state index contributed by atoms with van der Waals surface area (Å²) in [6, 6.07) is 15.3. The fourth-order valence-electron chi connectivity index (χ4n) is 3.64. The molecule has 0 radical (unpaired) electrons. The van der Waals surface area contributed by atoms with E-state index in [4.69, 9.17) is 14.2 Å². The van der Waals surface area contributed by atoms with Crippen LogP contribution in [-0.2, 0) is 9.53 Å². The molecule has 10 nitrogen and oxygen atoms in total. The Morgan fingerprint density at radius 1 is 1.03 bits per heavy atom. The quantitative estimate of drug-likeness (QED) is 0.353. The van der Waals surface area contributed by atoms with E-state index in [-0.39, 0.29) is 17.7 Å². The third-order valence-corrected chi connectivity index (χ3v) is 6.01. The first-order chi connectivity index (χ1) is 17.6. The Bertz CT molecular complexity index is 1330. The van der Waals surface area contributed by atoms with Crippen molar-refractivity contribution in [1.29, 1.82) is 0 Å². The topological polar surface area (TPSA) is 123 Å². The summed E-state index contributed by atoms with van der Waals surface area (Å²) >= 11 is 0. The van der Waals surface area contributed by atoms with Gasteiger partial charge in [-0.3, -0.25) is 9.89 Å². The number of benzene rings is 2. The number of nitrogens with one attached hydrogen (secondary N) is 3. The summed E-state index contributed by atoms with van der Waals surface area (Å²) in [7, 11) is 3.22. The fraction of sp³-hybridized carbons (Fsp3) is 0.308. The molecule has 3 heterocycles. The molecule has 0 spiro atoms. The van der Waals surface area contributed by atoms with E-state index in [0.717, 1.165) is 41.0 Å². The minimum atomic E-state index is 0.134. The second kappa shape index (κ2) is 10.6. The Hall–Kier alpha value is -4.18. The molecular weight excluding hydrogens is 460 g/mol. The number of anilines is 3. The summed E-state index contributed by atoms with van der Waals surface area (Å²) in [6.07, 6.45) is 3.74. The summed E-state index contributed by atoms with van der Waals surface area (Å²) in [5.41, 5.74) is 1.80. The molecule has 2 fully saturated rings. The van der Waals surface area contributed by atoms with E-state index >= 15 is 0 Å². The molecule has 10 heteroatoms. The largest absolute Gasteiger partial charge is 0.497 e. The molecule has 1 saturated carbocycles. The van der Waals surface area contributed by atoms with Gasteiger partial charge in [0.1, 0.15) is 11.6 Å². The second-order valence-corrected chi connectivity index (χ2v) is 8.61. The molecule has 2 aromatic heterocycles. The molecule has 1 amide bonds. The van der Waals surface area contributed by atoms with Crippen LogP contribution in [0, 0.1) is 5.92 Å². The number of hydrogen-bond donors (Lipinski definition) is 3. The molecule has 1 saturated heterocycles. The number of carbonyl (C=O) groups excluding carboxylic acids is 1. The van der Waals surface area contributed by atoms with Gasteiger partial charge in [0, 0.05) is 17.0 Å². The summed E-state index contributed by atoms with van der Waals surface area (Å²) < 4.78 is 15.6. The molecule has 0 unspecified atom stereocenters. The molecule has 1 aliphatic carbocycles. The number of carbonyl (C=O) groups is 1. The SMILES string of the molecule is COc1ccc(NC(=O)C2CC2)cc1.COc1cnc(C2COC2)nc1Nc1n[nH]c2ccccc12. The predicted molar refractivity (Wildman–Crippen MR) is 136 cm³/mol. The summed E-state index contributed by atoms with van der Waals surface area (Å²) in [4.78, 5) is 20.3. The van der Waals surface area contributed by atoms with Crippen molar-refractivity contribution in [1.82, 2.24) is 20.2 Å². The van der Waals surface area contributed by atoms with Gasteiger partial charge in [0.15, 0.2) is 17.4 Å². The number of ether oxygens (including phenoxy) is 3. The standard InChI is InChI=1S/C15H15N5O2.C11H13NO2/c1-21-12-6-16-13(9-7-22-8-9)17-15(12)18-14-10-4-2-3-5-11(10)19-20-14;1-14-10-6-4-9(5-7-10)12-11(13)8-2-3-8/h2-6,9H,7-8H2,1H3,(H2,16,17,18,19,20);4-8H,2-3H2,1H3,(H,12,13). The first-order valence-corrected chi connectivity index (χ1v) is 11.8. The third kappa shape index (κ3) is 5.38. The van der Waals surface area contributed by atoms with Gasteiger partial charge in [0.05, 0.1) is 45.1 Å². The molecule has 3 N–H and O–H groups in total. The molecular formula is C26H28N6O4. The normalized spacial score (nSPS) is 14.8. The number of para-hydroxylation sites is 1. The number of hydrogen-bond acceptors (Lipinski definition) is 8. The van der Waals surface area contributed by atoms with Crippen molar-refractivity contribution in [2.24, 2.45) is 5.92 Å². The summed E-state index contributed by atoms with van der Waals surface area (Å²) in [5, 5.41) is 14.4. The van der Waals surface area contributed by atoms with Crippen LogP contribution in [-0.4, -0.2) is 53.5 Å². The number of aromatic nitrogens is 4. The fourth-order valence-corrected chi connectivity index (χ4v) is 3.64. The van der Waals surface area contributed by atoms with Gasteiger partial charge in [0.2, 0.25) is 5.91 Å². The summed E-state index contributed by atoms with van der Waals surface area (Å²) in [5.74, 6) is 4.09. The maximum Gasteiger partial charge on any atom is 0.227 e. The Morgan fingerprint density at radius 3 is 2.47 bits per heavy atom. The molecule has 6 rings (SSSR count). The van der Waals surface area contributed by atoms with Crippen molar-refractivity contribution in [2.45, 2.75) is 18.8 Å². The van der Waals surface area contributed by atoms with Crippen molar-refractivity contribution in [3.63, 3.8) is 0 Å². The van der Waals surface area contributed by atoms with Crippen molar-refractivity contribution in [3.8, 4) is 11.5 Å². The van der Waals surface area contributed by atoms with Crippen LogP contribution in [0.3, 0.4) is 0 Å². The van der Waals surface area contributed by atoms with Crippen molar-refractivity contribution < 1.29 is 19.0 Å².